The number of carbonyl (C=O) groups is 1. The molecule has 2 aromatic rings. The molecule has 3 rings (SSSR count). The average Bonchev–Trinajstić information content (AvgIpc) is 3.23. The lowest BCUT2D eigenvalue weighted by Gasteiger charge is -2.08. The molecule has 0 saturated carbocycles. The van der Waals surface area contributed by atoms with Crippen molar-refractivity contribution in [3.05, 3.63) is 30.1 Å². The summed E-state index contributed by atoms with van der Waals surface area (Å²) in [6.07, 6.45) is 2.40. The van der Waals surface area contributed by atoms with Crippen molar-refractivity contribution < 1.29 is 13.9 Å². The number of ether oxygens (including phenoxy) is 1. The van der Waals surface area contributed by atoms with Gasteiger partial charge in [-0.1, -0.05) is 29.2 Å². The zero-order chi connectivity index (χ0) is 16.8. The first-order valence-electron chi connectivity index (χ1n) is 7.56. The molecule has 1 fully saturated rings. The SMILES string of the molecule is O=C(CSc1nnc(NCC2CCCO2)s1)Nc1cccc(F)c1. The first kappa shape index (κ1) is 17.1. The summed E-state index contributed by atoms with van der Waals surface area (Å²) in [6, 6.07) is 5.80. The van der Waals surface area contributed by atoms with E-state index in [0.29, 0.717) is 10.0 Å². The molecule has 6 nitrogen and oxygen atoms in total. The third-order valence-electron chi connectivity index (χ3n) is 3.35. The van der Waals surface area contributed by atoms with Gasteiger partial charge in [0.05, 0.1) is 11.9 Å². The molecule has 9 heteroatoms. The molecule has 1 aliphatic rings. The fourth-order valence-electron chi connectivity index (χ4n) is 2.24. The van der Waals surface area contributed by atoms with Crippen LogP contribution in [0.4, 0.5) is 15.2 Å². The van der Waals surface area contributed by atoms with Crippen LogP contribution >= 0.6 is 23.1 Å². The predicted molar refractivity (Wildman–Crippen MR) is 93.1 cm³/mol. The fourth-order valence-corrected chi connectivity index (χ4v) is 3.80. The lowest BCUT2D eigenvalue weighted by Crippen LogP contribution is -2.18. The maximum Gasteiger partial charge on any atom is 0.234 e. The minimum Gasteiger partial charge on any atom is -0.376 e. The van der Waals surface area contributed by atoms with E-state index < -0.39 is 0 Å². The number of halogens is 1. The van der Waals surface area contributed by atoms with Gasteiger partial charge in [-0.05, 0) is 31.0 Å². The molecule has 1 atom stereocenters. The maximum atomic E-state index is 13.1. The number of rotatable bonds is 7. The molecule has 2 N–H and O–H groups in total. The predicted octanol–water partition coefficient (Wildman–Crippen LogP) is 3.00. The van der Waals surface area contributed by atoms with Crippen LogP contribution in [-0.2, 0) is 9.53 Å². The molecule has 0 aliphatic carbocycles. The van der Waals surface area contributed by atoms with Gasteiger partial charge in [0, 0.05) is 18.8 Å². The molecule has 24 heavy (non-hydrogen) atoms. The Morgan fingerprint density at radius 2 is 2.38 bits per heavy atom. The maximum absolute atomic E-state index is 13.1. The third kappa shape index (κ3) is 5.15. The van der Waals surface area contributed by atoms with E-state index in [0.717, 1.165) is 31.1 Å². The van der Waals surface area contributed by atoms with Crippen LogP contribution in [0, 0.1) is 5.82 Å². The van der Waals surface area contributed by atoms with E-state index in [9.17, 15) is 9.18 Å². The van der Waals surface area contributed by atoms with Crippen LogP contribution in [0.2, 0.25) is 0 Å². The second-order valence-corrected chi connectivity index (χ2v) is 7.44. The number of amides is 1. The highest BCUT2D eigenvalue weighted by Gasteiger charge is 2.16. The van der Waals surface area contributed by atoms with Crippen molar-refractivity contribution in [3.8, 4) is 0 Å². The quantitative estimate of drug-likeness (QED) is 0.732. The van der Waals surface area contributed by atoms with E-state index in [1.807, 2.05) is 0 Å². The number of nitrogens with one attached hydrogen (secondary N) is 2. The van der Waals surface area contributed by atoms with E-state index in [4.69, 9.17) is 4.74 Å². The Hall–Kier alpha value is -1.71. The van der Waals surface area contributed by atoms with Gasteiger partial charge in [0.2, 0.25) is 11.0 Å². The van der Waals surface area contributed by atoms with E-state index in [-0.39, 0.29) is 23.6 Å². The number of anilines is 2. The van der Waals surface area contributed by atoms with Gasteiger partial charge in [0.25, 0.3) is 0 Å². The molecular formula is C15H17FN4O2S2. The monoisotopic (exact) mass is 368 g/mol. The minimum absolute atomic E-state index is 0.191. The van der Waals surface area contributed by atoms with Crippen molar-refractivity contribution in [2.24, 2.45) is 0 Å². The van der Waals surface area contributed by atoms with Crippen molar-refractivity contribution >= 4 is 39.8 Å². The van der Waals surface area contributed by atoms with Crippen LogP contribution < -0.4 is 10.6 Å². The molecule has 1 unspecified atom stereocenters. The third-order valence-corrected chi connectivity index (χ3v) is 5.36. The van der Waals surface area contributed by atoms with E-state index in [2.05, 4.69) is 20.8 Å². The highest BCUT2D eigenvalue weighted by molar-refractivity contribution is 8.01. The first-order chi connectivity index (χ1) is 11.7. The van der Waals surface area contributed by atoms with E-state index in [1.54, 1.807) is 12.1 Å². The van der Waals surface area contributed by atoms with Gasteiger partial charge in [-0.15, -0.1) is 10.2 Å². The molecule has 0 spiro atoms. The number of hydrogen-bond acceptors (Lipinski definition) is 7. The molecule has 1 amide bonds. The second-order valence-electron chi connectivity index (χ2n) is 5.24. The number of carbonyl (C=O) groups excluding carboxylic acids is 1. The summed E-state index contributed by atoms with van der Waals surface area (Å²) in [7, 11) is 0. The van der Waals surface area contributed by atoms with E-state index >= 15 is 0 Å². The van der Waals surface area contributed by atoms with Crippen LogP contribution in [0.15, 0.2) is 28.6 Å². The molecule has 1 aromatic carbocycles. The van der Waals surface area contributed by atoms with Crippen molar-refractivity contribution in [1.82, 2.24) is 10.2 Å². The zero-order valence-electron chi connectivity index (χ0n) is 12.8. The van der Waals surface area contributed by atoms with Gasteiger partial charge in [-0.25, -0.2) is 4.39 Å². The summed E-state index contributed by atoms with van der Waals surface area (Å²) in [5, 5.41) is 14.7. The second kappa shape index (κ2) is 8.41. The van der Waals surface area contributed by atoms with Crippen molar-refractivity contribution in [2.45, 2.75) is 23.3 Å². The Balaban J connectivity index is 1.42. The summed E-state index contributed by atoms with van der Waals surface area (Å²) in [5.41, 5.74) is 0.441. The van der Waals surface area contributed by atoms with Gasteiger partial charge in [-0.3, -0.25) is 4.79 Å². The average molecular weight is 368 g/mol. The van der Waals surface area contributed by atoms with Gasteiger partial charge in [0.15, 0.2) is 4.34 Å². The Morgan fingerprint density at radius 3 is 3.17 bits per heavy atom. The molecule has 1 aromatic heterocycles. The number of benzene rings is 1. The highest BCUT2D eigenvalue weighted by atomic mass is 32.2. The number of aromatic nitrogens is 2. The number of thioether (sulfide) groups is 1. The van der Waals surface area contributed by atoms with Crippen molar-refractivity contribution in [1.29, 1.82) is 0 Å². The Kier molecular flexibility index (Phi) is 6.00. The van der Waals surface area contributed by atoms with Crippen LogP contribution in [0.1, 0.15) is 12.8 Å². The van der Waals surface area contributed by atoms with Crippen LogP contribution in [0.3, 0.4) is 0 Å². The molecule has 0 bridgehead atoms. The summed E-state index contributed by atoms with van der Waals surface area (Å²) in [5.74, 6) is -0.405. The molecule has 0 radical (unpaired) electrons. The molecule has 1 saturated heterocycles. The standard InChI is InChI=1S/C15H17FN4O2S2/c16-10-3-1-4-11(7-10)18-13(21)9-23-15-20-19-14(24-15)17-8-12-5-2-6-22-12/h1,3-4,7,12H,2,5-6,8-9H2,(H,17,19)(H,18,21). The Morgan fingerprint density at radius 1 is 1.46 bits per heavy atom. The summed E-state index contributed by atoms with van der Waals surface area (Å²) in [4.78, 5) is 11.9. The fraction of sp³-hybridized carbons (Fsp3) is 0.400. The molecule has 2 heterocycles. The van der Waals surface area contributed by atoms with Gasteiger partial charge in [-0.2, -0.15) is 0 Å². The van der Waals surface area contributed by atoms with Crippen LogP contribution in [0.5, 0.6) is 0 Å². The highest BCUT2D eigenvalue weighted by Crippen LogP contribution is 2.26. The largest absolute Gasteiger partial charge is 0.376 e. The van der Waals surface area contributed by atoms with Gasteiger partial charge >= 0.3 is 0 Å². The summed E-state index contributed by atoms with van der Waals surface area (Å²) >= 11 is 2.70. The topological polar surface area (TPSA) is 76.1 Å². The minimum atomic E-state index is -0.383. The Labute approximate surface area is 147 Å². The first-order valence-corrected chi connectivity index (χ1v) is 9.36. The van der Waals surface area contributed by atoms with Crippen molar-refractivity contribution in [3.63, 3.8) is 0 Å². The zero-order valence-corrected chi connectivity index (χ0v) is 14.5. The number of hydrogen-bond donors (Lipinski definition) is 2. The summed E-state index contributed by atoms with van der Waals surface area (Å²) < 4.78 is 19.3. The summed E-state index contributed by atoms with van der Waals surface area (Å²) in [6.45, 7) is 1.54. The van der Waals surface area contributed by atoms with Crippen molar-refractivity contribution in [2.75, 3.05) is 29.5 Å². The number of nitrogens with zero attached hydrogens (tertiary/aromatic N) is 2. The van der Waals surface area contributed by atoms with Gasteiger partial charge in [0.1, 0.15) is 5.82 Å². The Bertz CT molecular complexity index is 692. The van der Waals surface area contributed by atoms with Crippen LogP contribution in [-0.4, -0.2) is 41.1 Å². The smallest absolute Gasteiger partial charge is 0.234 e. The lowest BCUT2D eigenvalue weighted by molar-refractivity contribution is -0.113. The van der Waals surface area contributed by atoms with Gasteiger partial charge < -0.3 is 15.4 Å². The molecule has 128 valence electrons. The normalized spacial score (nSPS) is 17.0. The molecular weight excluding hydrogens is 351 g/mol. The van der Waals surface area contributed by atoms with E-state index in [1.165, 1.54) is 35.2 Å². The van der Waals surface area contributed by atoms with Crippen LogP contribution in [0.25, 0.3) is 0 Å². The molecule has 1 aliphatic heterocycles. The lowest BCUT2D eigenvalue weighted by atomic mass is 10.2.